The number of hydrogen-bond acceptors (Lipinski definition) is 2. The molecule has 0 spiro atoms. The van der Waals surface area contributed by atoms with Gasteiger partial charge in [-0.1, -0.05) is 6.08 Å². The highest BCUT2D eigenvalue weighted by Crippen LogP contribution is 1.94. The summed E-state index contributed by atoms with van der Waals surface area (Å²) in [5.41, 5.74) is 0.458. The third-order valence-corrected chi connectivity index (χ3v) is 0.814. The van der Waals surface area contributed by atoms with E-state index in [-0.39, 0.29) is 0 Å². The third kappa shape index (κ3) is 3.41. The number of carbonyl (C=O) groups excluding carboxylic acids is 2. The Labute approximate surface area is 53.9 Å². The highest BCUT2D eigenvalue weighted by molar-refractivity contribution is 5.81. The van der Waals surface area contributed by atoms with Crippen molar-refractivity contribution in [3.05, 3.63) is 24.3 Å². The van der Waals surface area contributed by atoms with Crippen LogP contribution in [-0.2, 0) is 9.59 Å². The Hall–Kier alpha value is -1.18. The first-order valence-corrected chi connectivity index (χ1v) is 2.55. The van der Waals surface area contributed by atoms with Gasteiger partial charge in [-0.2, -0.15) is 0 Å². The lowest BCUT2D eigenvalue weighted by molar-refractivity contribution is -0.106. The molecule has 9 heavy (non-hydrogen) atoms. The first kappa shape index (κ1) is 7.82. The summed E-state index contributed by atoms with van der Waals surface area (Å²) in [5, 5.41) is 0. The number of carbonyl (C=O) groups is 2. The highest BCUT2D eigenvalue weighted by atomic mass is 16.1. The Morgan fingerprint density at radius 3 is 2.44 bits per heavy atom. The minimum absolute atomic E-state index is 0.458. The van der Waals surface area contributed by atoms with E-state index in [0.717, 1.165) is 0 Å². The summed E-state index contributed by atoms with van der Waals surface area (Å²) in [6.45, 7) is 3.42. The highest BCUT2D eigenvalue weighted by Gasteiger charge is 1.87. The molecule has 0 amide bonds. The van der Waals surface area contributed by atoms with Crippen LogP contribution in [0.1, 0.15) is 6.42 Å². The fourth-order valence-electron chi connectivity index (χ4n) is 0.410. The van der Waals surface area contributed by atoms with Crippen LogP contribution in [-0.4, -0.2) is 12.6 Å². The zero-order valence-corrected chi connectivity index (χ0v) is 5.04. The van der Waals surface area contributed by atoms with Gasteiger partial charge in [0.1, 0.15) is 12.6 Å². The van der Waals surface area contributed by atoms with Crippen molar-refractivity contribution in [2.75, 3.05) is 0 Å². The Morgan fingerprint density at radius 1 is 1.44 bits per heavy atom. The molecule has 0 heterocycles. The van der Waals surface area contributed by atoms with Crippen LogP contribution in [0.2, 0.25) is 0 Å². The molecule has 0 bridgehead atoms. The molecule has 0 rings (SSSR count). The fraction of sp³-hybridized carbons (Fsp3) is 0.143. The van der Waals surface area contributed by atoms with Gasteiger partial charge < -0.3 is 0 Å². The molecule has 48 valence electrons. The maximum atomic E-state index is 10.0. The largest absolute Gasteiger partial charge is 0.299 e. The van der Waals surface area contributed by atoms with Gasteiger partial charge in [-0.05, 0) is 18.1 Å². The Balaban J connectivity index is 3.95. The number of hydrogen-bond donors (Lipinski definition) is 0. The summed E-state index contributed by atoms with van der Waals surface area (Å²) < 4.78 is 0. The molecule has 0 aromatic carbocycles. The minimum atomic E-state index is 0.458. The zero-order chi connectivity index (χ0) is 7.11. The molecular formula is C7H8O2. The van der Waals surface area contributed by atoms with Crippen LogP contribution >= 0.6 is 0 Å². The summed E-state index contributed by atoms with van der Waals surface area (Å²) in [6.07, 6.45) is 4.50. The van der Waals surface area contributed by atoms with E-state index in [2.05, 4.69) is 6.58 Å². The smallest absolute Gasteiger partial charge is 0.146 e. The van der Waals surface area contributed by atoms with Crippen molar-refractivity contribution in [2.45, 2.75) is 6.42 Å². The molecule has 0 saturated heterocycles. The van der Waals surface area contributed by atoms with Gasteiger partial charge in [0.2, 0.25) is 0 Å². The molecule has 0 aliphatic heterocycles. The van der Waals surface area contributed by atoms with Gasteiger partial charge in [-0.15, -0.1) is 6.58 Å². The van der Waals surface area contributed by atoms with Crippen molar-refractivity contribution < 1.29 is 9.59 Å². The standard InChI is InChI=1S/C7H8O2/c1-2-3-7(6-9)4-5-8/h2,4-6H,1,3H2. The molecule has 0 aliphatic carbocycles. The van der Waals surface area contributed by atoms with Gasteiger partial charge in [0.25, 0.3) is 0 Å². The van der Waals surface area contributed by atoms with Crippen molar-refractivity contribution >= 4 is 12.6 Å². The molecule has 2 nitrogen and oxygen atoms in total. The van der Waals surface area contributed by atoms with Crippen molar-refractivity contribution in [1.29, 1.82) is 0 Å². The first-order valence-electron chi connectivity index (χ1n) is 2.55. The van der Waals surface area contributed by atoms with Crippen LogP contribution < -0.4 is 0 Å². The predicted octanol–water partition coefficient (Wildman–Crippen LogP) is 0.887. The molecule has 0 fully saturated rings. The quantitative estimate of drug-likeness (QED) is 0.317. The molecule has 0 radical (unpaired) electrons. The fourth-order valence-corrected chi connectivity index (χ4v) is 0.410. The molecular weight excluding hydrogens is 116 g/mol. The van der Waals surface area contributed by atoms with E-state index in [1.807, 2.05) is 0 Å². The van der Waals surface area contributed by atoms with Crippen molar-refractivity contribution in [2.24, 2.45) is 0 Å². The maximum absolute atomic E-state index is 10.0. The Bertz CT molecular complexity index is 145. The number of rotatable bonds is 4. The second-order valence-corrected chi connectivity index (χ2v) is 1.49. The van der Waals surface area contributed by atoms with Gasteiger partial charge in [0, 0.05) is 0 Å². The summed E-state index contributed by atoms with van der Waals surface area (Å²) in [5.74, 6) is 0. The van der Waals surface area contributed by atoms with Crippen LogP contribution in [0, 0.1) is 0 Å². The van der Waals surface area contributed by atoms with Crippen LogP contribution in [0.15, 0.2) is 24.3 Å². The molecule has 0 saturated carbocycles. The van der Waals surface area contributed by atoms with E-state index < -0.39 is 0 Å². The first-order chi connectivity index (χ1) is 4.35. The zero-order valence-electron chi connectivity index (χ0n) is 5.04. The molecule has 2 heteroatoms. The molecule has 0 atom stereocenters. The van der Waals surface area contributed by atoms with Gasteiger partial charge >= 0.3 is 0 Å². The van der Waals surface area contributed by atoms with Crippen molar-refractivity contribution in [3.63, 3.8) is 0 Å². The van der Waals surface area contributed by atoms with Gasteiger partial charge in [-0.25, -0.2) is 0 Å². The lowest BCUT2D eigenvalue weighted by atomic mass is 10.2. The van der Waals surface area contributed by atoms with E-state index in [0.29, 0.717) is 24.6 Å². The molecule has 0 aromatic heterocycles. The van der Waals surface area contributed by atoms with Gasteiger partial charge in [0.05, 0.1) is 0 Å². The molecule has 0 unspecified atom stereocenters. The average Bonchev–Trinajstić information content (AvgIpc) is 1.88. The Morgan fingerprint density at radius 2 is 2.11 bits per heavy atom. The third-order valence-electron chi connectivity index (χ3n) is 0.814. The van der Waals surface area contributed by atoms with E-state index in [1.54, 1.807) is 6.08 Å². The normalized spacial score (nSPS) is 10.4. The summed E-state index contributed by atoms with van der Waals surface area (Å²) >= 11 is 0. The molecule has 0 aliphatic rings. The lowest BCUT2D eigenvalue weighted by Crippen LogP contribution is -1.81. The monoisotopic (exact) mass is 124 g/mol. The van der Waals surface area contributed by atoms with Crippen LogP contribution in [0.5, 0.6) is 0 Å². The number of allylic oxidation sites excluding steroid dienone is 3. The van der Waals surface area contributed by atoms with Gasteiger partial charge in [0.15, 0.2) is 0 Å². The molecule has 0 N–H and O–H groups in total. The van der Waals surface area contributed by atoms with Crippen LogP contribution in [0.3, 0.4) is 0 Å². The summed E-state index contributed by atoms with van der Waals surface area (Å²) in [4.78, 5) is 19.8. The Kier molecular flexibility index (Phi) is 4.32. The average molecular weight is 124 g/mol. The molecule has 0 aromatic rings. The summed E-state index contributed by atoms with van der Waals surface area (Å²) in [7, 11) is 0. The topological polar surface area (TPSA) is 34.1 Å². The van der Waals surface area contributed by atoms with E-state index in [1.165, 1.54) is 6.08 Å². The van der Waals surface area contributed by atoms with Crippen molar-refractivity contribution in [1.82, 2.24) is 0 Å². The predicted molar refractivity (Wildman–Crippen MR) is 35.0 cm³/mol. The maximum Gasteiger partial charge on any atom is 0.146 e. The minimum Gasteiger partial charge on any atom is -0.299 e. The second-order valence-electron chi connectivity index (χ2n) is 1.49. The van der Waals surface area contributed by atoms with E-state index in [9.17, 15) is 9.59 Å². The van der Waals surface area contributed by atoms with Gasteiger partial charge in [-0.3, -0.25) is 9.59 Å². The lowest BCUT2D eigenvalue weighted by Gasteiger charge is -1.85. The van der Waals surface area contributed by atoms with Crippen molar-refractivity contribution in [3.8, 4) is 0 Å². The van der Waals surface area contributed by atoms with E-state index in [4.69, 9.17) is 0 Å². The summed E-state index contributed by atoms with van der Waals surface area (Å²) in [6, 6.07) is 0. The number of aldehydes is 2. The van der Waals surface area contributed by atoms with E-state index >= 15 is 0 Å². The van der Waals surface area contributed by atoms with Crippen LogP contribution in [0.25, 0.3) is 0 Å². The SMILES string of the molecule is C=CCC(C=O)=CC=O. The second kappa shape index (κ2) is 4.97. The van der Waals surface area contributed by atoms with Crippen LogP contribution in [0.4, 0.5) is 0 Å².